The monoisotopic (exact) mass is 251 g/mol. The number of hydrogen-bond acceptors (Lipinski definition) is 4. The van der Waals surface area contributed by atoms with Gasteiger partial charge < -0.3 is 5.32 Å². The minimum atomic E-state index is 0.618. The second kappa shape index (κ2) is 5.71. The fourth-order valence-corrected chi connectivity index (χ4v) is 2.72. The summed E-state index contributed by atoms with van der Waals surface area (Å²) in [4.78, 5) is 9.17. The molecule has 3 nitrogen and oxygen atoms in total. The van der Waals surface area contributed by atoms with E-state index in [1.54, 1.807) is 0 Å². The zero-order valence-corrected chi connectivity index (χ0v) is 11.7. The smallest absolute Gasteiger partial charge is 0.135 e. The van der Waals surface area contributed by atoms with E-state index in [0.29, 0.717) is 5.92 Å². The molecule has 0 aromatic carbocycles. The molecule has 1 fully saturated rings. The van der Waals surface area contributed by atoms with Crippen molar-refractivity contribution in [3.63, 3.8) is 0 Å². The van der Waals surface area contributed by atoms with Crippen LogP contribution in [0.25, 0.3) is 0 Å². The van der Waals surface area contributed by atoms with E-state index < -0.39 is 0 Å². The van der Waals surface area contributed by atoms with Crippen molar-refractivity contribution in [1.82, 2.24) is 9.97 Å². The zero-order valence-electron chi connectivity index (χ0n) is 10.9. The van der Waals surface area contributed by atoms with Crippen molar-refractivity contribution in [1.29, 1.82) is 0 Å². The fourth-order valence-electron chi connectivity index (χ4n) is 1.57. The van der Waals surface area contributed by atoms with Crippen LogP contribution in [-0.2, 0) is 0 Å². The van der Waals surface area contributed by atoms with Crippen molar-refractivity contribution in [3.8, 4) is 0 Å². The second-order valence-electron chi connectivity index (χ2n) is 5.00. The highest BCUT2D eigenvalue weighted by atomic mass is 32.2. The average molecular weight is 251 g/mol. The number of hydrogen-bond donors (Lipinski definition) is 1. The van der Waals surface area contributed by atoms with Gasteiger partial charge in [0.1, 0.15) is 16.7 Å². The molecular weight excluding hydrogens is 230 g/mol. The highest BCUT2D eigenvalue weighted by Gasteiger charge is 2.27. The maximum Gasteiger partial charge on any atom is 0.135 e. The molecule has 4 heteroatoms. The van der Waals surface area contributed by atoms with Crippen LogP contribution < -0.4 is 5.32 Å². The zero-order chi connectivity index (χ0) is 12.3. The van der Waals surface area contributed by atoms with E-state index in [0.717, 1.165) is 28.3 Å². The molecule has 2 rings (SSSR count). The third-order valence-electron chi connectivity index (χ3n) is 2.86. The van der Waals surface area contributed by atoms with Gasteiger partial charge in [-0.05, 0) is 30.9 Å². The molecule has 1 saturated carbocycles. The molecule has 94 valence electrons. The van der Waals surface area contributed by atoms with E-state index in [2.05, 4.69) is 35.2 Å². The third-order valence-corrected chi connectivity index (χ3v) is 3.81. The molecule has 0 spiro atoms. The first-order valence-corrected chi connectivity index (χ1v) is 7.37. The summed E-state index contributed by atoms with van der Waals surface area (Å²) in [6, 6.07) is 2.05. The molecule has 0 bridgehead atoms. The Labute approximate surface area is 108 Å². The van der Waals surface area contributed by atoms with Gasteiger partial charge in [0, 0.05) is 19.0 Å². The normalized spacial score (nSPS) is 15.3. The molecule has 17 heavy (non-hydrogen) atoms. The van der Waals surface area contributed by atoms with E-state index in [4.69, 9.17) is 0 Å². The molecule has 1 aliphatic rings. The second-order valence-corrected chi connectivity index (χ2v) is 6.12. The summed E-state index contributed by atoms with van der Waals surface area (Å²) in [6.07, 6.45) is 3.74. The van der Waals surface area contributed by atoms with Gasteiger partial charge in [0.05, 0.1) is 0 Å². The Balaban J connectivity index is 2.01. The third kappa shape index (κ3) is 3.87. The van der Waals surface area contributed by atoms with E-state index >= 15 is 0 Å². The Morgan fingerprint density at radius 1 is 1.41 bits per heavy atom. The molecule has 1 heterocycles. The lowest BCUT2D eigenvalue weighted by Gasteiger charge is -2.07. The predicted molar refractivity (Wildman–Crippen MR) is 73.7 cm³/mol. The Bertz CT molecular complexity index is 375. The lowest BCUT2D eigenvalue weighted by molar-refractivity contribution is 0.632. The molecule has 0 atom stereocenters. The Morgan fingerprint density at radius 2 is 2.18 bits per heavy atom. The lowest BCUT2D eigenvalue weighted by atomic mass is 10.2. The molecule has 1 N–H and O–H groups in total. The van der Waals surface area contributed by atoms with E-state index in [-0.39, 0.29) is 0 Å². The van der Waals surface area contributed by atoms with Crippen LogP contribution in [0.5, 0.6) is 0 Å². The van der Waals surface area contributed by atoms with Crippen LogP contribution in [0.15, 0.2) is 11.1 Å². The number of rotatable bonds is 6. The summed E-state index contributed by atoms with van der Waals surface area (Å²) >= 11 is 1.85. The first-order chi connectivity index (χ1) is 8.19. The van der Waals surface area contributed by atoms with Gasteiger partial charge in [-0.2, -0.15) is 0 Å². The fraction of sp³-hybridized carbons (Fsp3) is 0.692. The summed E-state index contributed by atoms with van der Waals surface area (Å²) < 4.78 is 0. The van der Waals surface area contributed by atoms with Crippen LogP contribution in [0.2, 0.25) is 0 Å². The van der Waals surface area contributed by atoms with Crippen LogP contribution >= 0.6 is 11.8 Å². The SMILES string of the molecule is CNc1cc(SCCC(C)C)nc(C2CC2)n1. The Kier molecular flexibility index (Phi) is 4.26. The van der Waals surface area contributed by atoms with Gasteiger partial charge in [-0.3, -0.25) is 0 Å². The number of nitrogens with zero attached hydrogens (tertiary/aromatic N) is 2. The lowest BCUT2D eigenvalue weighted by Crippen LogP contribution is -2.00. The van der Waals surface area contributed by atoms with Crippen molar-refractivity contribution in [2.24, 2.45) is 5.92 Å². The molecular formula is C13H21N3S. The maximum atomic E-state index is 4.65. The summed E-state index contributed by atoms with van der Waals surface area (Å²) in [5.41, 5.74) is 0. The molecule has 1 aromatic rings. The molecule has 1 aromatic heterocycles. The minimum Gasteiger partial charge on any atom is -0.373 e. The summed E-state index contributed by atoms with van der Waals surface area (Å²) in [7, 11) is 1.92. The first-order valence-electron chi connectivity index (χ1n) is 6.38. The predicted octanol–water partition coefficient (Wildman–Crippen LogP) is 3.53. The quantitative estimate of drug-likeness (QED) is 0.620. The van der Waals surface area contributed by atoms with Gasteiger partial charge >= 0.3 is 0 Å². The van der Waals surface area contributed by atoms with Crippen molar-refractivity contribution >= 4 is 17.6 Å². The highest BCUT2D eigenvalue weighted by Crippen LogP contribution is 2.39. The maximum absolute atomic E-state index is 4.65. The van der Waals surface area contributed by atoms with Gasteiger partial charge in [0.2, 0.25) is 0 Å². The molecule has 0 unspecified atom stereocenters. The number of anilines is 1. The van der Waals surface area contributed by atoms with Gasteiger partial charge in [-0.25, -0.2) is 9.97 Å². The summed E-state index contributed by atoms with van der Waals surface area (Å²) in [6.45, 7) is 4.52. The molecule has 0 saturated heterocycles. The molecule has 0 radical (unpaired) electrons. The highest BCUT2D eigenvalue weighted by molar-refractivity contribution is 7.99. The molecule has 0 aliphatic heterocycles. The largest absolute Gasteiger partial charge is 0.373 e. The first kappa shape index (κ1) is 12.7. The van der Waals surface area contributed by atoms with Crippen molar-refractivity contribution in [2.75, 3.05) is 18.1 Å². The van der Waals surface area contributed by atoms with Crippen molar-refractivity contribution in [3.05, 3.63) is 11.9 Å². The van der Waals surface area contributed by atoms with E-state index in [1.807, 2.05) is 18.8 Å². The summed E-state index contributed by atoms with van der Waals surface area (Å²) in [5, 5.41) is 4.24. The molecule has 1 aliphatic carbocycles. The van der Waals surface area contributed by atoms with Gasteiger partial charge in [0.15, 0.2) is 0 Å². The van der Waals surface area contributed by atoms with Crippen LogP contribution in [-0.4, -0.2) is 22.8 Å². The topological polar surface area (TPSA) is 37.8 Å². The van der Waals surface area contributed by atoms with E-state index in [1.165, 1.54) is 19.3 Å². The van der Waals surface area contributed by atoms with Crippen LogP contribution in [0, 0.1) is 5.92 Å². The Morgan fingerprint density at radius 3 is 2.76 bits per heavy atom. The Hall–Kier alpha value is -0.770. The van der Waals surface area contributed by atoms with Gasteiger partial charge in [0.25, 0.3) is 0 Å². The summed E-state index contributed by atoms with van der Waals surface area (Å²) in [5.74, 6) is 4.50. The number of thioether (sulfide) groups is 1. The van der Waals surface area contributed by atoms with E-state index in [9.17, 15) is 0 Å². The standard InChI is InChI=1S/C13H21N3S/c1-9(2)6-7-17-12-8-11(14-3)15-13(16-12)10-4-5-10/h8-10H,4-7H2,1-3H3,(H,14,15,16). The van der Waals surface area contributed by atoms with Crippen LogP contribution in [0.3, 0.4) is 0 Å². The van der Waals surface area contributed by atoms with Crippen molar-refractivity contribution < 1.29 is 0 Å². The van der Waals surface area contributed by atoms with Crippen LogP contribution in [0.4, 0.5) is 5.82 Å². The minimum absolute atomic E-state index is 0.618. The van der Waals surface area contributed by atoms with Gasteiger partial charge in [-0.15, -0.1) is 11.8 Å². The number of aromatic nitrogens is 2. The van der Waals surface area contributed by atoms with Gasteiger partial charge in [-0.1, -0.05) is 13.8 Å². The molecule has 0 amide bonds. The van der Waals surface area contributed by atoms with Crippen molar-refractivity contribution in [2.45, 2.75) is 44.1 Å². The average Bonchev–Trinajstić information content (AvgIpc) is 3.12. The van der Waals surface area contributed by atoms with Crippen LogP contribution in [0.1, 0.15) is 44.9 Å². The number of nitrogens with one attached hydrogen (secondary N) is 1.